The van der Waals surface area contributed by atoms with Gasteiger partial charge in [0.05, 0.1) is 0 Å². The summed E-state index contributed by atoms with van der Waals surface area (Å²) in [5, 5.41) is 0. The molecule has 0 aliphatic carbocycles. The van der Waals surface area contributed by atoms with Crippen molar-refractivity contribution in [2.75, 3.05) is 0 Å². The molecule has 90 valence electrons. The number of hydrogen-bond acceptors (Lipinski definition) is 1. The smallest absolute Gasteiger partial charge is 0.150 e. The first-order valence-electron chi connectivity index (χ1n) is 5.37. The van der Waals surface area contributed by atoms with E-state index in [9.17, 15) is 4.79 Å². The van der Waals surface area contributed by atoms with Gasteiger partial charge in [-0.3, -0.25) is 4.79 Å². The van der Waals surface area contributed by atoms with Gasteiger partial charge in [-0.05, 0) is 41.5 Å². The van der Waals surface area contributed by atoms with Crippen LogP contribution in [0.5, 0.6) is 0 Å². The van der Waals surface area contributed by atoms with E-state index < -0.39 is 0 Å². The van der Waals surface area contributed by atoms with Crippen molar-refractivity contribution in [2.45, 2.75) is 0 Å². The number of rotatable bonds is 3. The highest BCUT2D eigenvalue weighted by Crippen LogP contribution is 2.20. The zero-order valence-corrected chi connectivity index (χ0v) is 12.6. The minimum absolute atomic E-state index is 0.671. The van der Waals surface area contributed by atoms with Gasteiger partial charge < -0.3 is 0 Å². The molecule has 3 heteroatoms. The third kappa shape index (κ3) is 3.40. The van der Waals surface area contributed by atoms with Gasteiger partial charge in [-0.25, -0.2) is 0 Å². The second-order valence-corrected chi connectivity index (χ2v) is 5.61. The summed E-state index contributed by atoms with van der Waals surface area (Å²) >= 11 is 6.76. The van der Waals surface area contributed by atoms with Gasteiger partial charge in [-0.1, -0.05) is 56.1 Å². The second kappa shape index (κ2) is 6.12. The Balaban J connectivity index is 2.36. The molecule has 0 atom stereocenters. The Bertz CT molecular complexity index is 568. The van der Waals surface area contributed by atoms with Gasteiger partial charge >= 0.3 is 0 Å². The molecule has 0 unspecified atom stereocenters. The van der Waals surface area contributed by atoms with Crippen LogP contribution in [0.2, 0.25) is 0 Å². The molecule has 0 saturated heterocycles. The minimum atomic E-state index is 0.671. The van der Waals surface area contributed by atoms with E-state index in [1.807, 2.05) is 54.6 Å². The van der Waals surface area contributed by atoms with Gasteiger partial charge in [0.25, 0.3) is 0 Å². The van der Waals surface area contributed by atoms with E-state index in [1.165, 1.54) is 0 Å². The molecule has 2 rings (SSSR count). The number of carbonyl (C=O) groups is 1. The van der Waals surface area contributed by atoms with Crippen LogP contribution in [0.15, 0.2) is 57.5 Å². The van der Waals surface area contributed by atoms with Crippen molar-refractivity contribution in [3.63, 3.8) is 0 Å². The third-order valence-electron chi connectivity index (χ3n) is 2.50. The molecule has 0 radical (unpaired) electrons. The van der Waals surface area contributed by atoms with Gasteiger partial charge in [0.15, 0.2) is 6.29 Å². The zero-order chi connectivity index (χ0) is 13.0. The SMILES string of the molecule is O=C/C(=C/c1ccc(Br)cc1)c1ccc(Br)cc1. The molecule has 0 aliphatic heterocycles. The molecule has 2 aromatic rings. The van der Waals surface area contributed by atoms with Gasteiger partial charge in [0.2, 0.25) is 0 Å². The largest absolute Gasteiger partial charge is 0.298 e. The predicted molar refractivity (Wildman–Crippen MR) is 82.2 cm³/mol. The monoisotopic (exact) mass is 364 g/mol. The van der Waals surface area contributed by atoms with Crippen molar-refractivity contribution in [1.29, 1.82) is 0 Å². The maximum Gasteiger partial charge on any atom is 0.150 e. The Morgan fingerprint density at radius 3 is 1.83 bits per heavy atom. The van der Waals surface area contributed by atoms with Crippen LogP contribution in [0.25, 0.3) is 11.6 Å². The summed E-state index contributed by atoms with van der Waals surface area (Å²) in [6.45, 7) is 0. The molecule has 0 aromatic heterocycles. The zero-order valence-electron chi connectivity index (χ0n) is 9.44. The van der Waals surface area contributed by atoms with Crippen molar-refractivity contribution < 1.29 is 4.79 Å². The van der Waals surface area contributed by atoms with Gasteiger partial charge in [0, 0.05) is 14.5 Å². The van der Waals surface area contributed by atoms with Crippen LogP contribution in [0.1, 0.15) is 11.1 Å². The van der Waals surface area contributed by atoms with E-state index in [1.54, 1.807) is 0 Å². The van der Waals surface area contributed by atoms with Crippen LogP contribution in [0.4, 0.5) is 0 Å². The Labute approximate surface area is 123 Å². The Hall–Kier alpha value is -1.19. The quantitative estimate of drug-likeness (QED) is 0.427. The molecular weight excluding hydrogens is 356 g/mol. The number of benzene rings is 2. The summed E-state index contributed by atoms with van der Waals surface area (Å²) in [5.41, 5.74) is 2.59. The van der Waals surface area contributed by atoms with Crippen molar-refractivity contribution in [1.82, 2.24) is 0 Å². The maximum absolute atomic E-state index is 11.2. The summed E-state index contributed by atoms with van der Waals surface area (Å²) in [4.78, 5) is 11.2. The molecule has 0 aliphatic rings. The lowest BCUT2D eigenvalue weighted by atomic mass is 10.0. The van der Waals surface area contributed by atoms with Crippen LogP contribution in [-0.4, -0.2) is 6.29 Å². The molecule has 0 heterocycles. The predicted octanol–water partition coefficient (Wildman–Crippen LogP) is 4.95. The third-order valence-corrected chi connectivity index (χ3v) is 3.55. The summed E-state index contributed by atoms with van der Waals surface area (Å²) < 4.78 is 2.02. The first kappa shape index (κ1) is 13.2. The van der Waals surface area contributed by atoms with Gasteiger partial charge in [0.1, 0.15) is 0 Å². The van der Waals surface area contributed by atoms with Gasteiger partial charge in [-0.2, -0.15) is 0 Å². The van der Waals surface area contributed by atoms with E-state index in [4.69, 9.17) is 0 Å². The molecule has 18 heavy (non-hydrogen) atoms. The van der Waals surface area contributed by atoms with Crippen LogP contribution in [-0.2, 0) is 4.79 Å². The Morgan fingerprint density at radius 1 is 0.833 bits per heavy atom. The van der Waals surface area contributed by atoms with Crippen LogP contribution in [0.3, 0.4) is 0 Å². The maximum atomic E-state index is 11.2. The molecule has 1 nitrogen and oxygen atoms in total. The number of aldehydes is 1. The molecule has 2 aromatic carbocycles. The Kier molecular flexibility index (Phi) is 4.50. The molecule has 0 fully saturated rings. The highest BCUT2D eigenvalue weighted by molar-refractivity contribution is 9.10. The van der Waals surface area contributed by atoms with Crippen molar-refractivity contribution in [3.8, 4) is 0 Å². The standard InChI is InChI=1S/C15H10Br2O/c16-14-5-1-11(2-6-14)9-13(10-18)12-3-7-15(17)8-4-12/h1-10H/b13-9-. The second-order valence-electron chi connectivity index (χ2n) is 3.78. The van der Waals surface area contributed by atoms with E-state index in [0.29, 0.717) is 5.57 Å². The van der Waals surface area contributed by atoms with E-state index in [0.717, 1.165) is 26.4 Å². The lowest BCUT2D eigenvalue weighted by molar-refractivity contribution is -0.103. The topological polar surface area (TPSA) is 17.1 Å². The molecule has 0 spiro atoms. The van der Waals surface area contributed by atoms with Crippen LogP contribution >= 0.6 is 31.9 Å². The Morgan fingerprint density at radius 2 is 1.33 bits per heavy atom. The fourth-order valence-electron chi connectivity index (χ4n) is 1.57. The fraction of sp³-hybridized carbons (Fsp3) is 0. The van der Waals surface area contributed by atoms with Crippen LogP contribution in [0, 0.1) is 0 Å². The highest BCUT2D eigenvalue weighted by Gasteiger charge is 2.00. The average Bonchev–Trinajstić information content (AvgIpc) is 2.39. The molecular formula is C15H10Br2O. The molecule has 0 bridgehead atoms. The van der Waals surface area contributed by atoms with Crippen molar-refractivity contribution in [2.24, 2.45) is 0 Å². The normalized spacial score (nSPS) is 11.3. The van der Waals surface area contributed by atoms with Crippen molar-refractivity contribution in [3.05, 3.63) is 68.6 Å². The first-order valence-corrected chi connectivity index (χ1v) is 6.96. The van der Waals surface area contributed by atoms with Crippen molar-refractivity contribution >= 4 is 49.8 Å². The fourth-order valence-corrected chi connectivity index (χ4v) is 2.09. The van der Waals surface area contributed by atoms with E-state index in [-0.39, 0.29) is 0 Å². The molecule has 0 N–H and O–H groups in total. The average molecular weight is 366 g/mol. The van der Waals surface area contributed by atoms with E-state index >= 15 is 0 Å². The molecule has 0 saturated carbocycles. The van der Waals surface area contributed by atoms with Gasteiger partial charge in [-0.15, -0.1) is 0 Å². The lowest BCUT2D eigenvalue weighted by Crippen LogP contribution is -1.85. The highest BCUT2D eigenvalue weighted by atomic mass is 79.9. The number of allylic oxidation sites excluding steroid dienone is 1. The van der Waals surface area contributed by atoms with E-state index in [2.05, 4.69) is 31.9 Å². The minimum Gasteiger partial charge on any atom is -0.298 e. The number of halogens is 2. The summed E-state index contributed by atoms with van der Waals surface area (Å²) in [5.74, 6) is 0. The first-order chi connectivity index (χ1) is 8.69. The lowest BCUT2D eigenvalue weighted by Gasteiger charge is -2.01. The molecule has 0 amide bonds. The summed E-state index contributed by atoms with van der Waals surface area (Å²) in [7, 11) is 0. The summed E-state index contributed by atoms with van der Waals surface area (Å²) in [6.07, 6.45) is 2.76. The number of hydrogen-bond donors (Lipinski definition) is 0. The summed E-state index contributed by atoms with van der Waals surface area (Å²) in [6, 6.07) is 15.5. The van der Waals surface area contributed by atoms with Crippen LogP contribution < -0.4 is 0 Å². The number of carbonyl (C=O) groups excluding carboxylic acids is 1.